The van der Waals surface area contributed by atoms with Gasteiger partial charge in [-0.1, -0.05) is 23.2 Å². The van der Waals surface area contributed by atoms with Crippen molar-refractivity contribution in [3.05, 3.63) is 39.6 Å². The fourth-order valence-corrected chi connectivity index (χ4v) is 4.12. The van der Waals surface area contributed by atoms with Crippen molar-refractivity contribution in [1.82, 2.24) is 20.2 Å². The van der Waals surface area contributed by atoms with Gasteiger partial charge >= 0.3 is 0 Å². The highest BCUT2D eigenvalue weighted by atomic mass is 35.5. The van der Waals surface area contributed by atoms with E-state index < -0.39 is 0 Å². The van der Waals surface area contributed by atoms with Crippen LogP contribution in [-0.2, 0) is 11.2 Å². The standard InChI is InChI=1S/C21H25Cl2N5O/c1-13-18(27-20(26-13)14-7-15(22)9-16(23)8-14)10-21(2,3)25-12-19(29)28-6-4-5-17(28)11-24/h7-9,17,25H,4-6,10,12H2,1-3H3,(H,26,27)/t17-/m0/s1. The van der Waals surface area contributed by atoms with Crippen molar-refractivity contribution in [1.29, 1.82) is 5.26 Å². The monoisotopic (exact) mass is 433 g/mol. The van der Waals surface area contributed by atoms with Crippen molar-refractivity contribution in [2.75, 3.05) is 13.1 Å². The van der Waals surface area contributed by atoms with Crippen molar-refractivity contribution in [2.45, 2.75) is 51.6 Å². The molecule has 1 aromatic heterocycles. The van der Waals surface area contributed by atoms with E-state index in [0.29, 0.717) is 28.8 Å². The van der Waals surface area contributed by atoms with Crippen LogP contribution >= 0.6 is 23.2 Å². The van der Waals surface area contributed by atoms with E-state index in [0.717, 1.165) is 29.8 Å². The van der Waals surface area contributed by atoms with Crippen LogP contribution in [0, 0.1) is 18.3 Å². The summed E-state index contributed by atoms with van der Waals surface area (Å²) in [5.74, 6) is 0.679. The lowest BCUT2D eigenvalue weighted by atomic mass is 9.97. The van der Waals surface area contributed by atoms with Crippen LogP contribution in [0.15, 0.2) is 18.2 Å². The minimum atomic E-state index is -0.347. The lowest BCUT2D eigenvalue weighted by Crippen LogP contribution is -2.48. The van der Waals surface area contributed by atoms with Gasteiger partial charge < -0.3 is 15.2 Å². The van der Waals surface area contributed by atoms with Crippen LogP contribution in [0.4, 0.5) is 0 Å². The highest BCUT2D eigenvalue weighted by Gasteiger charge is 2.30. The molecule has 1 aromatic carbocycles. The zero-order valence-corrected chi connectivity index (χ0v) is 18.4. The molecule has 1 aliphatic heterocycles. The Morgan fingerprint density at radius 3 is 2.72 bits per heavy atom. The Labute approximate surface area is 181 Å². The maximum absolute atomic E-state index is 12.5. The average Bonchev–Trinajstić information content (AvgIpc) is 3.25. The molecule has 0 unspecified atom stereocenters. The first-order chi connectivity index (χ1) is 13.7. The number of amides is 1. The molecule has 6 nitrogen and oxygen atoms in total. The summed E-state index contributed by atoms with van der Waals surface area (Å²) in [6, 6.07) is 7.23. The van der Waals surface area contributed by atoms with Gasteiger partial charge in [0.25, 0.3) is 0 Å². The quantitative estimate of drug-likeness (QED) is 0.717. The molecule has 1 amide bonds. The highest BCUT2D eigenvalue weighted by Crippen LogP contribution is 2.27. The molecule has 3 rings (SSSR count). The molecular formula is C21H25Cl2N5O. The topological polar surface area (TPSA) is 84.8 Å². The number of H-pyrrole nitrogens is 1. The molecule has 0 aliphatic carbocycles. The van der Waals surface area contributed by atoms with Gasteiger partial charge in [0.05, 0.1) is 18.3 Å². The highest BCUT2D eigenvalue weighted by molar-refractivity contribution is 6.35. The molecule has 2 N–H and O–H groups in total. The van der Waals surface area contributed by atoms with Crippen molar-refractivity contribution < 1.29 is 4.79 Å². The molecular weight excluding hydrogens is 409 g/mol. The first-order valence-corrected chi connectivity index (χ1v) is 10.4. The predicted octanol–water partition coefficient (Wildman–Crippen LogP) is 4.12. The molecule has 29 heavy (non-hydrogen) atoms. The summed E-state index contributed by atoms with van der Waals surface area (Å²) >= 11 is 12.2. The Hall–Kier alpha value is -2.07. The molecule has 0 saturated carbocycles. The smallest absolute Gasteiger partial charge is 0.237 e. The predicted molar refractivity (Wildman–Crippen MR) is 115 cm³/mol. The van der Waals surface area contributed by atoms with E-state index in [1.165, 1.54) is 0 Å². The molecule has 1 saturated heterocycles. The lowest BCUT2D eigenvalue weighted by Gasteiger charge is -2.28. The number of hydrogen-bond acceptors (Lipinski definition) is 4. The maximum Gasteiger partial charge on any atom is 0.237 e. The molecule has 0 radical (unpaired) electrons. The summed E-state index contributed by atoms with van der Waals surface area (Å²) < 4.78 is 0. The summed E-state index contributed by atoms with van der Waals surface area (Å²) in [5.41, 5.74) is 2.36. The normalized spacial score (nSPS) is 16.8. The number of carbonyl (C=O) groups excluding carboxylic acids is 1. The zero-order chi connectivity index (χ0) is 21.2. The summed E-state index contributed by atoms with van der Waals surface area (Å²) in [6.07, 6.45) is 2.28. The fraction of sp³-hybridized carbons (Fsp3) is 0.476. The van der Waals surface area contributed by atoms with Gasteiger partial charge in [-0.05, 0) is 51.8 Å². The van der Waals surface area contributed by atoms with E-state index in [9.17, 15) is 10.1 Å². The molecule has 1 atom stereocenters. The van der Waals surface area contributed by atoms with Gasteiger partial charge in [-0.2, -0.15) is 5.26 Å². The second kappa shape index (κ2) is 8.74. The van der Waals surface area contributed by atoms with Crippen molar-refractivity contribution >= 4 is 29.1 Å². The number of carbonyl (C=O) groups is 1. The van der Waals surface area contributed by atoms with Gasteiger partial charge in [0, 0.05) is 39.8 Å². The maximum atomic E-state index is 12.5. The third-order valence-corrected chi connectivity index (χ3v) is 5.61. The van der Waals surface area contributed by atoms with Crippen LogP contribution in [0.5, 0.6) is 0 Å². The minimum absolute atomic E-state index is 0.0323. The number of rotatable bonds is 6. The number of nitrogens with one attached hydrogen (secondary N) is 2. The number of aryl methyl sites for hydroxylation is 1. The van der Waals surface area contributed by atoms with E-state index >= 15 is 0 Å². The first-order valence-electron chi connectivity index (χ1n) is 9.64. The number of imidazole rings is 1. The molecule has 154 valence electrons. The largest absolute Gasteiger partial charge is 0.342 e. The van der Waals surface area contributed by atoms with Crippen molar-refractivity contribution in [3.8, 4) is 17.5 Å². The second-order valence-electron chi connectivity index (χ2n) is 8.10. The van der Waals surface area contributed by atoms with Crippen molar-refractivity contribution in [2.24, 2.45) is 0 Å². The number of hydrogen-bond donors (Lipinski definition) is 2. The molecule has 1 fully saturated rings. The van der Waals surface area contributed by atoms with Crippen LogP contribution in [0.25, 0.3) is 11.4 Å². The van der Waals surface area contributed by atoms with E-state index in [2.05, 4.69) is 16.4 Å². The average molecular weight is 434 g/mol. The Morgan fingerprint density at radius 1 is 1.38 bits per heavy atom. The second-order valence-corrected chi connectivity index (χ2v) is 8.98. The van der Waals surface area contributed by atoms with Gasteiger partial charge in [-0.3, -0.25) is 4.79 Å². The fourth-order valence-electron chi connectivity index (χ4n) is 3.59. The molecule has 8 heteroatoms. The van der Waals surface area contributed by atoms with E-state index in [1.807, 2.05) is 32.9 Å². The number of aromatic amines is 1. The molecule has 0 spiro atoms. The van der Waals surface area contributed by atoms with E-state index in [1.54, 1.807) is 11.0 Å². The Kier molecular flexibility index (Phi) is 6.52. The summed E-state index contributed by atoms with van der Waals surface area (Å²) in [5, 5.41) is 13.6. The van der Waals surface area contributed by atoms with Gasteiger partial charge in [0.2, 0.25) is 5.91 Å². The lowest BCUT2D eigenvalue weighted by molar-refractivity contribution is -0.130. The molecule has 2 aromatic rings. The van der Waals surface area contributed by atoms with Crippen LogP contribution in [0.1, 0.15) is 38.1 Å². The van der Waals surface area contributed by atoms with Gasteiger partial charge in [-0.15, -0.1) is 0 Å². The summed E-state index contributed by atoms with van der Waals surface area (Å²) in [4.78, 5) is 22.2. The van der Waals surface area contributed by atoms with Crippen LogP contribution in [0.3, 0.4) is 0 Å². The molecule has 2 heterocycles. The zero-order valence-electron chi connectivity index (χ0n) is 16.9. The Morgan fingerprint density at radius 2 is 2.07 bits per heavy atom. The summed E-state index contributed by atoms with van der Waals surface area (Å²) in [7, 11) is 0. The number of nitriles is 1. The Balaban J connectivity index is 1.66. The van der Waals surface area contributed by atoms with Crippen LogP contribution in [0.2, 0.25) is 10.0 Å². The third-order valence-electron chi connectivity index (χ3n) is 5.17. The van der Waals surface area contributed by atoms with Gasteiger partial charge in [-0.25, -0.2) is 4.98 Å². The Bertz CT molecular complexity index is 927. The number of halogens is 2. The number of benzene rings is 1. The molecule has 0 bridgehead atoms. The summed E-state index contributed by atoms with van der Waals surface area (Å²) in [6.45, 7) is 6.90. The SMILES string of the molecule is Cc1[nH]c(-c2cc(Cl)cc(Cl)c2)nc1CC(C)(C)NCC(=O)N1CCC[C@H]1C#N. The number of nitrogens with zero attached hydrogens (tertiary/aromatic N) is 3. The van der Waals surface area contributed by atoms with E-state index in [4.69, 9.17) is 28.2 Å². The first kappa shape index (κ1) is 21.6. The van der Waals surface area contributed by atoms with E-state index in [-0.39, 0.29) is 24.0 Å². The third kappa shape index (κ3) is 5.30. The van der Waals surface area contributed by atoms with Gasteiger partial charge in [0.15, 0.2) is 0 Å². The van der Waals surface area contributed by atoms with Gasteiger partial charge in [0.1, 0.15) is 11.9 Å². The number of likely N-dealkylation sites (tertiary alicyclic amines) is 1. The molecule has 1 aliphatic rings. The number of aromatic nitrogens is 2. The van der Waals surface area contributed by atoms with Crippen LogP contribution < -0.4 is 5.32 Å². The van der Waals surface area contributed by atoms with Crippen LogP contribution in [-0.4, -0.2) is 45.4 Å². The van der Waals surface area contributed by atoms with Crippen molar-refractivity contribution in [3.63, 3.8) is 0 Å². The minimum Gasteiger partial charge on any atom is -0.342 e.